The second-order valence-electron chi connectivity index (χ2n) is 6.10. The molecule has 2 aromatic carbocycles. The molecule has 0 bridgehead atoms. The van der Waals surface area contributed by atoms with Crippen molar-refractivity contribution in [1.29, 1.82) is 0 Å². The van der Waals surface area contributed by atoms with Crippen LogP contribution in [0.15, 0.2) is 53.4 Å². The minimum Gasteiger partial charge on any atom is -0.367 e. The third kappa shape index (κ3) is 4.96. The first-order valence-corrected chi connectivity index (χ1v) is 9.31. The summed E-state index contributed by atoms with van der Waals surface area (Å²) < 4.78 is 12.9. The zero-order chi connectivity index (χ0) is 17.6. The number of thioether (sulfide) groups is 1. The van der Waals surface area contributed by atoms with Crippen molar-refractivity contribution in [3.8, 4) is 0 Å². The Balaban J connectivity index is 1.60. The van der Waals surface area contributed by atoms with E-state index in [-0.39, 0.29) is 11.7 Å². The highest BCUT2D eigenvalue weighted by molar-refractivity contribution is 8.00. The lowest BCUT2D eigenvalue weighted by molar-refractivity contribution is -0.113. The van der Waals surface area contributed by atoms with Crippen molar-refractivity contribution in [2.45, 2.75) is 4.90 Å². The summed E-state index contributed by atoms with van der Waals surface area (Å²) in [5.41, 5.74) is 1.91. The Labute approximate surface area is 152 Å². The Morgan fingerprint density at radius 2 is 1.76 bits per heavy atom. The van der Waals surface area contributed by atoms with Crippen LogP contribution in [0.2, 0.25) is 0 Å². The minimum absolute atomic E-state index is 0.0593. The van der Waals surface area contributed by atoms with Gasteiger partial charge in [0.1, 0.15) is 5.82 Å². The summed E-state index contributed by atoms with van der Waals surface area (Å²) in [5.74, 6) is -0.0336. The normalized spacial score (nSPS) is 15.2. The highest BCUT2D eigenvalue weighted by atomic mass is 32.2. The average molecular weight is 359 g/mol. The molecule has 25 heavy (non-hydrogen) atoms. The fraction of sp³-hybridized carbons (Fsp3) is 0.316. The van der Waals surface area contributed by atoms with Gasteiger partial charge in [-0.1, -0.05) is 12.1 Å². The number of carbonyl (C=O) groups excluding carboxylic acids is 1. The fourth-order valence-electron chi connectivity index (χ4n) is 2.77. The Morgan fingerprint density at radius 1 is 1.08 bits per heavy atom. The zero-order valence-corrected chi connectivity index (χ0v) is 15.1. The topological polar surface area (TPSA) is 35.6 Å². The molecule has 132 valence electrons. The van der Waals surface area contributed by atoms with Crippen LogP contribution >= 0.6 is 11.8 Å². The van der Waals surface area contributed by atoms with E-state index in [1.54, 1.807) is 12.1 Å². The molecule has 0 radical (unpaired) electrons. The quantitative estimate of drug-likeness (QED) is 0.831. The number of amides is 1. The number of anilines is 2. The van der Waals surface area contributed by atoms with Crippen LogP contribution in [0.4, 0.5) is 15.8 Å². The lowest BCUT2D eigenvalue weighted by Gasteiger charge is -2.35. The van der Waals surface area contributed by atoms with Gasteiger partial charge in [-0.25, -0.2) is 4.39 Å². The van der Waals surface area contributed by atoms with Crippen LogP contribution in [-0.4, -0.2) is 49.8 Å². The van der Waals surface area contributed by atoms with E-state index in [1.807, 2.05) is 24.3 Å². The molecular formula is C19H22FN3OS. The summed E-state index contributed by atoms with van der Waals surface area (Å²) in [7, 11) is 2.12. The molecule has 1 aliphatic heterocycles. The molecule has 1 fully saturated rings. The van der Waals surface area contributed by atoms with E-state index in [1.165, 1.54) is 23.9 Å². The van der Waals surface area contributed by atoms with Crippen molar-refractivity contribution in [2.24, 2.45) is 0 Å². The Kier molecular flexibility index (Phi) is 5.94. The molecule has 1 N–H and O–H groups in total. The molecule has 1 aliphatic rings. The Morgan fingerprint density at radius 3 is 2.48 bits per heavy atom. The van der Waals surface area contributed by atoms with E-state index in [0.717, 1.165) is 42.4 Å². The van der Waals surface area contributed by atoms with Crippen molar-refractivity contribution in [2.75, 3.05) is 49.2 Å². The molecule has 0 atom stereocenters. The van der Waals surface area contributed by atoms with Crippen LogP contribution in [0.25, 0.3) is 0 Å². The molecule has 3 rings (SSSR count). The maximum Gasteiger partial charge on any atom is 0.234 e. The number of para-hydroxylation sites is 2. The molecule has 0 aliphatic carbocycles. The van der Waals surface area contributed by atoms with Gasteiger partial charge in [-0.2, -0.15) is 0 Å². The van der Waals surface area contributed by atoms with Crippen LogP contribution in [-0.2, 0) is 4.79 Å². The number of piperazine rings is 1. The number of hydrogen-bond acceptors (Lipinski definition) is 4. The van der Waals surface area contributed by atoms with Gasteiger partial charge in [-0.05, 0) is 43.4 Å². The fourth-order valence-corrected chi connectivity index (χ4v) is 3.47. The Bertz CT molecular complexity index is 715. The molecule has 0 aromatic heterocycles. The summed E-state index contributed by atoms with van der Waals surface area (Å²) >= 11 is 1.40. The number of likely N-dealkylation sites (N-methyl/N-ethyl adjacent to an activating group) is 1. The molecular weight excluding hydrogens is 337 g/mol. The third-order valence-corrected chi connectivity index (χ3v) is 5.22. The zero-order valence-electron chi connectivity index (χ0n) is 14.2. The standard InChI is InChI=1S/C19H22FN3OS/c1-22-10-12-23(13-11-22)18-5-3-2-4-17(18)21-19(24)14-25-16-8-6-15(20)7-9-16/h2-9H,10-14H2,1H3,(H,21,24). The number of nitrogens with zero attached hydrogens (tertiary/aromatic N) is 2. The van der Waals surface area contributed by atoms with E-state index >= 15 is 0 Å². The van der Waals surface area contributed by atoms with E-state index in [0.29, 0.717) is 5.75 Å². The predicted octanol–water partition coefficient (Wildman–Crippen LogP) is 3.31. The highest BCUT2D eigenvalue weighted by Crippen LogP contribution is 2.27. The number of rotatable bonds is 5. The average Bonchev–Trinajstić information content (AvgIpc) is 2.63. The first-order valence-electron chi connectivity index (χ1n) is 8.32. The van der Waals surface area contributed by atoms with Gasteiger partial charge in [0.05, 0.1) is 17.1 Å². The molecule has 1 heterocycles. The largest absolute Gasteiger partial charge is 0.367 e. The molecule has 1 saturated heterocycles. The molecule has 1 amide bonds. The van der Waals surface area contributed by atoms with Crippen molar-refractivity contribution < 1.29 is 9.18 Å². The number of nitrogens with one attached hydrogen (secondary N) is 1. The summed E-state index contributed by atoms with van der Waals surface area (Å²) in [6.07, 6.45) is 0. The minimum atomic E-state index is -0.269. The molecule has 6 heteroatoms. The second kappa shape index (κ2) is 8.36. The van der Waals surface area contributed by atoms with Gasteiger partial charge in [0, 0.05) is 31.1 Å². The molecule has 0 saturated carbocycles. The van der Waals surface area contributed by atoms with Gasteiger partial charge < -0.3 is 15.1 Å². The van der Waals surface area contributed by atoms with E-state index < -0.39 is 0 Å². The maximum atomic E-state index is 12.9. The number of halogens is 1. The summed E-state index contributed by atoms with van der Waals surface area (Å²) in [5, 5.41) is 3.01. The number of benzene rings is 2. The van der Waals surface area contributed by atoms with E-state index in [9.17, 15) is 9.18 Å². The maximum absolute atomic E-state index is 12.9. The van der Waals surface area contributed by atoms with Gasteiger partial charge in [0.25, 0.3) is 0 Å². The lowest BCUT2D eigenvalue weighted by Crippen LogP contribution is -2.44. The SMILES string of the molecule is CN1CCN(c2ccccc2NC(=O)CSc2ccc(F)cc2)CC1. The van der Waals surface area contributed by atoms with Crippen molar-refractivity contribution in [1.82, 2.24) is 4.90 Å². The van der Waals surface area contributed by atoms with Gasteiger partial charge in [-0.3, -0.25) is 4.79 Å². The first kappa shape index (κ1) is 17.8. The van der Waals surface area contributed by atoms with E-state index in [4.69, 9.17) is 0 Å². The predicted molar refractivity (Wildman–Crippen MR) is 102 cm³/mol. The van der Waals surface area contributed by atoms with Gasteiger partial charge >= 0.3 is 0 Å². The van der Waals surface area contributed by atoms with Gasteiger partial charge in [0.2, 0.25) is 5.91 Å². The smallest absolute Gasteiger partial charge is 0.234 e. The summed E-state index contributed by atoms with van der Waals surface area (Å²) in [4.78, 5) is 17.8. The van der Waals surface area contributed by atoms with Crippen molar-refractivity contribution >= 4 is 29.0 Å². The number of hydrogen-bond donors (Lipinski definition) is 1. The Hall–Kier alpha value is -2.05. The van der Waals surface area contributed by atoms with Gasteiger partial charge in [-0.15, -0.1) is 11.8 Å². The second-order valence-corrected chi connectivity index (χ2v) is 7.15. The van der Waals surface area contributed by atoms with Crippen molar-refractivity contribution in [3.05, 3.63) is 54.3 Å². The molecule has 4 nitrogen and oxygen atoms in total. The summed E-state index contributed by atoms with van der Waals surface area (Å²) in [6.45, 7) is 3.94. The first-order chi connectivity index (χ1) is 12.1. The van der Waals surface area contributed by atoms with E-state index in [2.05, 4.69) is 22.2 Å². The lowest BCUT2D eigenvalue weighted by atomic mass is 10.2. The van der Waals surface area contributed by atoms with Crippen molar-refractivity contribution in [3.63, 3.8) is 0 Å². The summed E-state index contributed by atoms with van der Waals surface area (Å²) in [6, 6.07) is 14.1. The van der Waals surface area contributed by atoms with Crippen LogP contribution in [0, 0.1) is 5.82 Å². The van der Waals surface area contributed by atoms with Crippen LogP contribution in [0.1, 0.15) is 0 Å². The molecule has 2 aromatic rings. The number of carbonyl (C=O) groups is 1. The van der Waals surface area contributed by atoms with Gasteiger partial charge in [0.15, 0.2) is 0 Å². The monoisotopic (exact) mass is 359 g/mol. The van der Waals surface area contributed by atoms with Crippen LogP contribution in [0.3, 0.4) is 0 Å². The highest BCUT2D eigenvalue weighted by Gasteiger charge is 2.17. The molecule has 0 spiro atoms. The van der Waals surface area contributed by atoms with Crippen LogP contribution in [0.5, 0.6) is 0 Å². The third-order valence-electron chi connectivity index (χ3n) is 4.21. The van der Waals surface area contributed by atoms with Crippen LogP contribution < -0.4 is 10.2 Å². The molecule has 0 unspecified atom stereocenters.